The number of hydrogen-bond donors (Lipinski definition) is 2. The molecule has 3 heterocycles. The van der Waals surface area contributed by atoms with Gasteiger partial charge in [-0.25, -0.2) is 4.98 Å². The molecule has 0 bridgehead atoms. The quantitative estimate of drug-likeness (QED) is 0.239. The first-order valence-electron chi connectivity index (χ1n) is 15.8. The molecule has 238 valence electrons. The highest BCUT2D eigenvalue weighted by atomic mass is 35.5. The van der Waals surface area contributed by atoms with Crippen LogP contribution in [0.15, 0.2) is 42.6 Å². The fourth-order valence-electron chi connectivity index (χ4n) is 6.45. The first-order chi connectivity index (χ1) is 21.2. The summed E-state index contributed by atoms with van der Waals surface area (Å²) < 4.78 is 19.4. The van der Waals surface area contributed by atoms with Crippen molar-refractivity contribution < 1.29 is 9.30 Å². The van der Waals surface area contributed by atoms with Crippen molar-refractivity contribution in [1.29, 1.82) is 0 Å². The molecule has 2 aliphatic heterocycles. The minimum Gasteiger partial charge on any atom is -0.494 e. The van der Waals surface area contributed by atoms with Crippen molar-refractivity contribution in [2.45, 2.75) is 46.1 Å². The van der Waals surface area contributed by atoms with Gasteiger partial charge in [-0.05, 0) is 70.1 Å². The van der Waals surface area contributed by atoms with Gasteiger partial charge in [0.1, 0.15) is 17.9 Å². The van der Waals surface area contributed by atoms with Gasteiger partial charge >= 0.3 is 0 Å². The average molecular weight is 640 g/mol. The van der Waals surface area contributed by atoms with Crippen LogP contribution in [0.1, 0.15) is 38.7 Å². The summed E-state index contributed by atoms with van der Waals surface area (Å²) in [5.41, 5.74) is 3.90. The molecule has 44 heavy (non-hydrogen) atoms. The number of hydrogen-bond acceptors (Lipinski definition) is 9. The van der Waals surface area contributed by atoms with Gasteiger partial charge < -0.3 is 29.7 Å². The fourth-order valence-corrected chi connectivity index (χ4v) is 8.64. The largest absolute Gasteiger partial charge is 0.494 e. The van der Waals surface area contributed by atoms with Gasteiger partial charge in [0.2, 0.25) is 5.95 Å². The molecule has 9 nitrogen and oxygen atoms in total. The van der Waals surface area contributed by atoms with E-state index >= 15 is 0 Å². The van der Waals surface area contributed by atoms with Gasteiger partial charge in [0.15, 0.2) is 5.82 Å². The van der Waals surface area contributed by atoms with Gasteiger partial charge in [-0.2, -0.15) is 4.98 Å². The highest BCUT2D eigenvalue weighted by Crippen LogP contribution is 2.46. The number of para-hydroxylation sites is 1. The molecular formula is C33H47ClN7O2P. The van der Waals surface area contributed by atoms with Crippen molar-refractivity contribution in [3.05, 3.63) is 53.2 Å². The molecule has 0 radical (unpaired) electrons. The van der Waals surface area contributed by atoms with E-state index in [0.29, 0.717) is 35.2 Å². The number of benzene rings is 2. The lowest BCUT2D eigenvalue weighted by molar-refractivity contribution is 0.174. The summed E-state index contributed by atoms with van der Waals surface area (Å²) in [6.07, 6.45) is 6.36. The molecule has 0 aliphatic carbocycles. The minimum absolute atomic E-state index is 0.377. The number of nitrogens with zero attached hydrogens (tertiary/aromatic N) is 5. The third kappa shape index (κ3) is 7.34. The van der Waals surface area contributed by atoms with E-state index in [1.807, 2.05) is 38.1 Å². The topological polar surface area (TPSA) is 85.9 Å². The monoisotopic (exact) mass is 639 g/mol. The molecular weight excluding hydrogens is 593 g/mol. The van der Waals surface area contributed by atoms with Crippen molar-refractivity contribution in [2.24, 2.45) is 0 Å². The number of aryl methyl sites for hydroxylation is 1. The van der Waals surface area contributed by atoms with Crippen molar-refractivity contribution in [3.63, 3.8) is 0 Å². The Kier molecular flexibility index (Phi) is 10.7. The highest BCUT2D eigenvalue weighted by molar-refractivity contribution is 7.71. The molecule has 0 amide bonds. The van der Waals surface area contributed by atoms with Crippen LogP contribution >= 0.6 is 18.7 Å². The van der Waals surface area contributed by atoms with Crippen LogP contribution in [0.3, 0.4) is 0 Å². The minimum atomic E-state index is -2.53. The fraction of sp³-hybridized carbons (Fsp3) is 0.515. The predicted octanol–water partition coefficient (Wildman–Crippen LogP) is 6.57. The van der Waals surface area contributed by atoms with Gasteiger partial charge in [-0.3, -0.25) is 4.90 Å². The standard InChI is InChI=1S/C33H47ClN7O2P/c1-6-44(42,7-2)31-12-9-8-11-27(31)36-32-26(34)23-35-33(38-32)37-28-21-24(3)29(22-30(28)43-5)41-17-13-25(14-18-41)40-16-10-15-39(4)19-20-40/h8-9,11-12,21-23,25H,6-7,10,13-20H2,1-5H3,(H2,35,36,37,38). The van der Waals surface area contributed by atoms with Gasteiger partial charge in [0.25, 0.3) is 0 Å². The highest BCUT2D eigenvalue weighted by Gasteiger charge is 2.27. The summed E-state index contributed by atoms with van der Waals surface area (Å²) >= 11 is 6.53. The number of aromatic nitrogens is 2. The molecule has 2 N–H and O–H groups in total. The lowest BCUT2D eigenvalue weighted by Crippen LogP contribution is -2.46. The molecule has 1 aromatic heterocycles. The first-order valence-corrected chi connectivity index (χ1v) is 18.3. The Labute approximate surface area is 267 Å². The molecule has 5 rings (SSSR count). The molecule has 11 heteroatoms. The zero-order valence-corrected chi connectivity index (χ0v) is 28.4. The lowest BCUT2D eigenvalue weighted by atomic mass is 10.0. The van der Waals surface area contributed by atoms with E-state index < -0.39 is 7.14 Å². The van der Waals surface area contributed by atoms with Crippen LogP contribution in [0.2, 0.25) is 5.02 Å². The number of rotatable bonds is 10. The summed E-state index contributed by atoms with van der Waals surface area (Å²) in [6, 6.07) is 12.6. The summed E-state index contributed by atoms with van der Waals surface area (Å²) in [4.78, 5) is 16.8. The molecule has 2 aromatic carbocycles. The van der Waals surface area contributed by atoms with E-state index in [-0.39, 0.29) is 0 Å². The normalized spacial score (nSPS) is 17.4. The maximum absolute atomic E-state index is 13.6. The summed E-state index contributed by atoms with van der Waals surface area (Å²) in [5.74, 6) is 1.56. The average Bonchev–Trinajstić information content (AvgIpc) is 3.27. The smallest absolute Gasteiger partial charge is 0.229 e. The molecule has 3 aromatic rings. The van der Waals surface area contributed by atoms with Crippen molar-refractivity contribution in [2.75, 3.05) is 81.3 Å². The van der Waals surface area contributed by atoms with Crippen LogP contribution < -0.4 is 25.6 Å². The zero-order chi connectivity index (χ0) is 31.3. The van der Waals surface area contributed by atoms with E-state index in [4.69, 9.17) is 21.3 Å². The Balaban J connectivity index is 1.31. The summed E-state index contributed by atoms with van der Waals surface area (Å²) in [7, 11) is 1.39. The van der Waals surface area contributed by atoms with E-state index in [2.05, 4.69) is 56.4 Å². The van der Waals surface area contributed by atoms with Crippen LogP contribution in [-0.4, -0.2) is 91.6 Å². The number of piperidine rings is 1. The second-order valence-corrected chi connectivity index (χ2v) is 15.9. The lowest BCUT2D eigenvalue weighted by Gasteiger charge is -2.39. The van der Waals surface area contributed by atoms with Crippen LogP contribution in [0.25, 0.3) is 0 Å². The summed E-state index contributed by atoms with van der Waals surface area (Å²) in [5, 5.41) is 7.86. The number of nitrogens with one attached hydrogen (secondary N) is 2. The van der Waals surface area contributed by atoms with Gasteiger partial charge in [-0.15, -0.1) is 0 Å². The number of likely N-dealkylation sites (N-methyl/N-ethyl adjacent to an activating group) is 1. The Bertz CT molecular complexity index is 1470. The Hall–Kier alpha value is -2.84. The molecule has 2 aliphatic rings. The van der Waals surface area contributed by atoms with Crippen molar-refractivity contribution in [3.8, 4) is 5.75 Å². The molecule has 0 atom stereocenters. The maximum Gasteiger partial charge on any atom is 0.229 e. The molecule has 0 saturated carbocycles. The first kappa shape index (κ1) is 32.6. The number of methoxy groups -OCH3 is 1. The number of anilines is 5. The predicted molar refractivity (Wildman–Crippen MR) is 185 cm³/mol. The van der Waals surface area contributed by atoms with Gasteiger partial charge in [0.05, 0.1) is 24.7 Å². The van der Waals surface area contributed by atoms with Crippen molar-refractivity contribution >= 4 is 52.9 Å². The Morgan fingerprint density at radius 1 is 1.00 bits per heavy atom. The van der Waals surface area contributed by atoms with Crippen LogP contribution in [0.4, 0.5) is 28.8 Å². The Morgan fingerprint density at radius 3 is 2.48 bits per heavy atom. The third-order valence-electron chi connectivity index (χ3n) is 9.20. The second-order valence-electron chi connectivity index (χ2n) is 11.9. The van der Waals surface area contributed by atoms with E-state index in [9.17, 15) is 4.57 Å². The number of ether oxygens (including phenoxy) is 1. The van der Waals surface area contributed by atoms with Crippen LogP contribution in [-0.2, 0) is 4.57 Å². The SMILES string of the molecule is CCP(=O)(CC)c1ccccc1Nc1nc(Nc2cc(C)c(N3CCC(N4CCCN(C)CC4)CC3)cc2OC)ncc1Cl. The van der Waals surface area contributed by atoms with E-state index in [0.717, 1.165) is 42.1 Å². The summed E-state index contributed by atoms with van der Waals surface area (Å²) in [6.45, 7) is 12.9. The van der Waals surface area contributed by atoms with Crippen molar-refractivity contribution in [1.82, 2.24) is 19.8 Å². The second kappa shape index (κ2) is 14.5. The van der Waals surface area contributed by atoms with Gasteiger partial charge in [0, 0.05) is 61.6 Å². The molecule has 2 saturated heterocycles. The van der Waals surface area contributed by atoms with E-state index in [1.54, 1.807) is 13.3 Å². The van der Waals surface area contributed by atoms with E-state index in [1.165, 1.54) is 50.1 Å². The molecule has 0 spiro atoms. The third-order valence-corrected chi connectivity index (χ3v) is 12.8. The molecule has 0 unspecified atom stereocenters. The van der Waals surface area contributed by atoms with Crippen LogP contribution in [0.5, 0.6) is 5.75 Å². The molecule has 2 fully saturated rings. The maximum atomic E-state index is 13.6. The van der Waals surface area contributed by atoms with Gasteiger partial charge in [-0.1, -0.05) is 37.6 Å². The zero-order valence-electron chi connectivity index (χ0n) is 26.8. The number of halogens is 1. The van der Waals surface area contributed by atoms with Crippen LogP contribution in [0, 0.1) is 6.92 Å². The Morgan fingerprint density at radius 2 is 1.75 bits per heavy atom.